The molecule has 1 aliphatic rings. The lowest BCUT2D eigenvalue weighted by molar-refractivity contribution is 0.0898. The molecule has 3 heterocycles. The maximum absolute atomic E-state index is 12.2. The number of para-hydroxylation sites is 2. The molecule has 126 valence electrons. The molecule has 0 spiro atoms. The van der Waals surface area contributed by atoms with Gasteiger partial charge in [0.1, 0.15) is 17.3 Å². The highest BCUT2D eigenvalue weighted by atomic mass is 32.1. The molecule has 25 heavy (non-hydrogen) atoms. The number of nitrogens with one attached hydrogen (secondary N) is 1. The fourth-order valence-corrected chi connectivity index (χ4v) is 3.26. The van der Waals surface area contributed by atoms with Crippen molar-refractivity contribution in [1.82, 2.24) is 15.3 Å². The minimum absolute atomic E-state index is 0.231. The second kappa shape index (κ2) is 6.90. The van der Waals surface area contributed by atoms with Crippen molar-refractivity contribution in [3.05, 3.63) is 70.4 Å². The van der Waals surface area contributed by atoms with E-state index in [0.29, 0.717) is 24.6 Å². The Bertz CT molecular complexity index is 882. The standard InChI is InChI=1S/C18H15N3O3S/c22-17(20-9-12-5-3-4-8-19-12)13-11-25-18(21-13)16-10-23-14-6-1-2-7-15(14)24-16/h1-8,11,16H,9-10H2,(H,20,22). The highest BCUT2D eigenvalue weighted by molar-refractivity contribution is 7.09. The van der Waals surface area contributed by atoms with Gasteiger partial charge in [-0.1, -0.05) is 18.2 Å². The molecule has 7 heteroatoms. The Balaban J connectivity index is 1.41. The molecule has 1 aliphatic heterocycles. The molecule has 2 aromatic heterocycles. The summed E-state index contributed by atoms with van der Waals surface area (Å²) in [5.41, 5.74) is 1.17. The van der Waals surface area contributed by atoms with Crippen LogP contribution in [0.25, 0.3) is 0 Å². The first-order chi connectivity index (χ1) is 12.3. The number of benzene rings is 1. The van der Waals surface area contributed by atoms with Gasteiger partial charge in [-0.15, -0.1) is 11.3 Å². The molecular formula is C18H15N3O3S. The number of carbonyl (C=O) groups is 1. The summed E-state index contributed by atoms with van der Waals surface area (Å²) in [5, 5.41) is 5.27. The third-order valence-electron chi connectivity index (χ3n) is 3.69. The normalized spacial score (nSPS) is 15.6. The van der Waals surface area contributed by atoms with Crippen molar-refractivity contribution in [2.75, 3.05) is 6.61 Å². The second-order valence-electron chi connectivity index (χ2n) is 5.44. The van der Waals surface area contributed by atoms with Crippen LogP contribution >= 0.6 is 11.3 Å². The first kappa shape index (κ1) is 15.6. The van der Waals surface area contributed by atoms with Gasteiger partial charge in [0.15, 0.2) is 17.6 Å². The maximum atomic E-state index is 12.2. The molecular weight excluding hydrogens is 338 g/mol. The summed E-state index contributed by atoms with van der Waals surface area (Å²) in [6.45, 7) is 0.739. The Morgan fingerprint density at radius 3 is 2.88 bits per heavy atom. The minimum atomic E-state index is -0.308. The van der Waals surface area contributed by atoms with Crippen LogP contribution in [0.2, 0.25) is 0 Å². The van der Waals surface area contributed by atoms with Gasteiger partial charge in [0.2, 0.25) is 0 Å². The topological polar surface area (TPSA) is 73.3 Å². The van der Waals surface area contributed by atoms with Crippen molar-refractivity contribution >= 4 is 17.2 Å². The van der Waals surface area contributed by atoms with E-state index in [1.807, 2.05) is 42.5 Å². The number of hydrogen-bond acceptors (Lipinski definition) is 6. The van der Waals surface area contributed by atoms with Crippen LogP contribution in [0.5, 0.6) is 11.5 Å². The second-order valence-corrected chi connectivity index (χ2v) is 6.33. The summed E-state index contributed by atoms with van der Waals surface area (Å²) in [6.07, 6.45) is 1.39. The predicted octanol–water partition coefficient (Wildman–Crippen LogP) is 2.98. The molecule has 1 unspecified atom stereocenters. The molecule has 0 saturated carbocycles. The van der Waals surface area contributed by atoms with Gasteiger partial charge in [-0.25, -0.2) is 4.98 Å². The van der Waals surface area contributed by atoms with Crippen molar-refractivity contribution in [3.8, 4) is 11.5 Å². The molecule has 1 amide bonds. The van der Waals surface area contributed by atoms with Gasteiger partial charge in [-0.2, -0.15) is 0 Å². The number of pyridine rings is 1. The molecule has 1 N–H and O–H groups in total. The highest BCUT2D eigenvalue weighted by Crippen LogP contribution is 2.36. The van der Waals surface area contributed by atoms with E-state index in [0.717, 1.165) is 16.5 Å². The van der Waals surface area contributed by atoms with Crippen LogP contribution in [0.3, 0.4) is 0 Å². The van der Waals surface area contributed by atoms with Gasteiger partial charge in [-0.05, 0) is 24.3 Å². The molecule has 1 aromatic carbocycles. The number of nitrogens with zero attached hydrogens (tertiary/aromatic N) is 2. The average molecular weight is 353 g/mol. The molecule has 6 nitrogen and oxygen atoms in total. The van der Waals surface area contributed by atoms with Crippen LogP contribution in [-0.4, -0.2) is 22.5 Å². The average Bonchev–Trinajstić information content (AvgIpc) is 3.17. The van der Waals surface area contributed by atoms with Gasteiger partial charge < -0.3 is 14.8 Å². The van der Waals surface area contributed by atoms with Crippen LogP contribution in [-0.2, 0) is 6.54 Å². The van der Waals surface area contributed by atoms with Crippen molar-refractivity contribution < 1.29 is 14.3 Å². The molecule has 0 fully saturated rings. The molecule has 1 atom stereocenters. The first-order valence-electron chi connectivity index (χ1n) is 7.81. The summed E-state index contributed by atoms with van der Waals surface area (Å²) in [5.74, 6) is 1.18. The fourth-order valence-electron chi connectivity index (χ4n) is 2.45. The van der Waals surface area contributed by atoms with Crippen molar-refractivity contribution in [2.45, 2.75) is 12.6 Å². The van der Waals surface area contributed by atoms with Crippen molar-refractivity contribution in [2.24, 2.45) is 0 Å². The van der Waals surface area contributed by atoms with Gasteiger partial charge in [0, 0.05) is 11.6 Å². The number of ether oxygens (including phenoxy) is 2. The summed E-state index contributed by atoms with van der Waals surface area (Å²) in [4.78, 5) is 20.8. The predicted molar refractivity (Wildman–Crippen MR) is 92.8 cm³/mol. The maximum Gasteiger partial charge on any atom is 0.271 e. The molecule has 0 radical (unpaired) electrons. The minimum Gasteiger partial charge on any atom is -0.485 e. The summed E-state index contributed by atoms with van der Waals surface area (Å²) in [6, 6.07) is 13.1. The molecule has 0 bridgehead atoms. The largest absolute Gasteiger partial charge is 0.485 e. The Hall–Kier alpha value is -2.93. The quantitative estimate of drug-likeness (QED) is 0.781. The molecule has 3 aromatic rings. The highest BCUT2D eigenvalue weighted by Gasteiger charge is 2.25. The van der Waals surface area contributed by atoms with E-state index in [2.05, 4.69) is 15.3 Å². The van der Waals surface area contributed by atoms with E-state index in [1.165, 1.54) is 11.3 Å². The summed E-state index contributed by atoms with van der Waals surface area (Å²) in [7, 11) is 0. The molecule has 0 aliphatic carbocycles. The van der Waals surface area contributed by atoms with E-state index in [-0.39, 0.29) is 12.0 Å². The van der Waals surface area contributed by atoms with Crippen molar-refractivity contribution in [1.29, 1.82) is 0 Å². The third kappa shape index (κ3) is 3.46. The number of rotatable bonds is 4. The third-order valence-corrected chi connectivity index (χ3v) is 4.63. The molecule has 0 saturated heterocycles. The Morgan fingerprint density at radius 2 is 2.04 bits per heavy atom. The summed E-state index contributed by atoms with van der Waals surface area (Å²) < 4.78 is 11.6. The Labute approximate surface area is 148 Å². The fraction of sp³-hybridized carbons (Fsp3) is 0.167. The van der Waals surface area contributed by atoms with Gasteiger partial charge >= 0.3 is 0 Å². The number of carbonyl (C=O) groups excluding carboxylic acids is 1. The van der Waals surface area contributed by atoms with Crippen LogP contribution in [0.4, 0.5) is 0 Å². The molecule has 4 rings (SSSR count). The van der Waals surface area contributed by atoms with E-state index >= 15 is 0 Å². The van der Waals surface area contributed by atoms with Crippen LogP contribution in [0, 0.1) is 0 Å². The number of aromatic nitrogens is 2. The zero-order valence-electron chi connectivity index (χ0n) is 13.2. The number of thiazole rings is 1. The summed E-state index contributed by atoms with van der Waals surface area (Å²) >= 11 is 1.39. The lowest BCUT2D eigenvalue weighted by Gasteiger charge is -2.24. The smallest absolute Gasteiger partial charge is 0.271 e. The zero-order chi connectivity index (χ0) is 17.1. The van der Waals surface area contributed by atoms with Crippen LogP contribution in [0.1, 0.15) is 27.3 Å². The van der Waals surface area contributed by atoms with Gasteiger partial charge in [0.25, 0.3) is 5.91 Å². The first-order valence-corrected chi connectivity index (χ1v) is 8.69. The Morgan fingerprint density at radius 1 is 1.20 bits per heavy atom. The van der Waals surface area contributed by atoms with Gasteiger partial charge in [0.05, 0.1) is 12.2 Å². The van der Waals surface area contributed by atoms with E-state index in [1.54, 1.807) is 11.6 Å². The number of amides is 1. The monoisotopic (exact) mass is 353 g/mol. The van der Waals surface area contributed by atoms with E-state index in [4.69, 9.17) is 9.47 Å². The Kier molecular flexibility index (Phi) is 4.30. The lowest BCUT2D eigenvalue weighted by atomic mass is 10.2. The zero-order valence-corrected chi connectivity index (χ0v) is 14.0. The van der Waals surface area contributed by atoms with Crippen molar-refractivity contribution in [3.63, 3.8) is 0 Å². The van der Waals surface area contributed by atoms with Crippen LogP contribution < -0.4 is 14.8 Å². The number of fused-ring (bicyclic) bond motifs is 1. The van der Waals surface area contributed by atoms with Gasteiger partial charge in [-0.3, -0.25) is 9.78 Å². The SMILES string of the molecule is O=C(NCc1ccccn1)c1csc(C2COc3ccccc3O2)n1. The lowest BCUT2D eigenvalue weighted by Crippen LogP contribution is -2.24. The van der Waals surface area contributed by atoms with E-state index in [9.17, 15) is 4.79 Å². The van der Waals surface area contributed by atoms with Crippen LogP contribution in [0.15, 0.2) is 54.0 Å². The van der Waals surface area contributed by atoms with E-state index < -0.39 is 0 Å². The number of hydrogen-bond donors (Lipinski definition) is 1.